The first-order valence-electron chi connectivity index (χ1n) is 6.85. The summed E-state index contributed by atoms with van der Waals surface area (Å²) in [7, 11) is 1.50. The first-order valence-corrected chi connectivity index (χ1v) is 6.85. The van der Waals surface area contributed by atoms with E-state index >= 15 is 0 Å². The molecule has 5 nitrogen and oxygen atoms in total. The number of hydrogen-bond donors (Lipinski definition) is 2. The molecule has 5 heteroatoms. The molecule has 0 unspecified atom stereocenters. The third-order valence-corrected chi connectivity index (χ3v) is 3.16. The molecule has 2 aromatic rings. The molecule has 1 amide bonds. The molecular formula is C17H18N2O3. The molecule has 2 rings (SSSR count). The Balaban J connectivity index is 2.28. The topological polar surface area (TPSA) is 70.9 Å². The number of nitrogens with one attached hydrogen (secondary N) is 1. The van der Waals surface area contributed by atoms with Crippen molar-refractivity contribution >= 4 is 17.5 Å². The highest BCUT2D eigenvalue weighted by Crippen LogP contribution is 2.26. The number of hydrogen-bond acceptors (Lipinski definition) is 4. The molecule has 0 bridgehead atoms. The average molecular weight is 298 g/mol. The lowest BCUT2D eigenvalue weighted by Gasteiger charge is -2.08. The summed E-state index contributed by atoms with van der Waals surface area (Å²) in [5.41, 5.74) is 3.02. The van der Waals surface area contributed by atoms with Crippen molar-refractivity contribution in [2.24, 2.45) is 4.99 Å². The van der Waals surface area contributed by atoms with Gasteiger partial charge in [-0.05, 0) is 49.7 Å². The van der Waals surface area contributed by atoms with E-state index in [1.807, 2.05) is 26.0 Å². The molecule has 2 N–H and O–H groups in total. The highest BCUT2D eigenvalue weighted by Gasteiger charge is 2.07. The van der Waals surface area contributed by atoms with Crippen LogP contribution in [0, 0.1) is 6.92 Å². The zero-order valence-corrected chi connectivity index (χ0v) is 12.8. The Labute approximate surface area is 129 Å². The number of ether oxygens (including phenoxy) is 1. The smallest absolute Gasteiger partial charge is 0.412 e. The van der Waals surface area contributed by atoms with Crippen LogP contribution >= 0.6 is 0 Å². The van der Waals surface area contributed by atoms with Gasteiger partial charge in [0.05, 0.1) is 5.69 Å². The van der Waals surface area contributed by atoms with Crippen molar-refractivity contribution in [2.75, 3.05) is 7.05 Å². The number of phenolic OH excluding ortho intramolecular Hbond substituents is 1. The fourth-order valence-corrected chi connectivity index (χ4v) is 2.00. The number of aliphatic imine (C=N–C) groups is 1. The number of aromatic hydroxyl groups is 1. The second-order valence-electron chi connectivity index (χ2n) is 4.80. The summed E-state index contributed by atoms with van der Waals surface area (Å²) in [6.45, 7) is 3.72. The van der Waals surface area contributed by atoms with Crippen molar-refractivity contribution in [2.45, 2.75) is 13.8 Å². The fraction of sp³-hybridized carbons (Fsp3) is 0.176. The van der Waals surface area contributed by atoms with Crippen LogP contribution in [0.3, 0.4) is 0 Å². The molecule has 0 saturated carbocycles. The number of aryl methyl sites for hydroxylation is 1. The minimum Gasteiger partial charge on any atom is -0.507 e. The van der Waals surface area contributed by atoms with Crippen LogP contribution < -0.4 is 10.1 Å². The van der Waals surface area contributed by atoms with Gasteiger partial charge in [-0.1, -0.05) is 12.1 Å². The largest absolute Gasteiger partial charge is 0.507 e. The van der Waals surface area contributed by atoms with Crippen LogP contribution in [0.25, 0.3) is 0 Å². The molecule has 0 spiro atoms. The molecule has 114 valence electrons. The molecule has 0 radical (unpaired) electrons. The van der Waals surface area contributed by atoms with E-state index in [2.05, 4.69) is 10.3 Å². The number of para-hydroxylation sites is 1. The second kappa shape index (κ2) is 6.76. The summed E-state index contributed by atoms with van der Waals surface area (Å²) in [5.74, 6) is 0.650. The van der Waals surface area contributed by atoms with Crippen LogP contribution in [0.1, 0.15) is 18.1 Å². The molecule has 0 atom stereocenters. The van der Waals surface area contributed by atoms with E-state index in [-0.39, 0.29) is 5.75 Å². The molecule has 0 aliphatic rings. The van der Waals surface area contributed by atoms with Gasteiger partial charge in [0, 0.05) is 18.3 Å². The number of benzene rings is 2. The molecule has 0 aliphatic carbocycles. The minimum atomic E-state index is -0.513. The molecule has 0 saturated heterocycles. The quantitative estimate of drug-likeness (QED) is 0.851. The Bertz CT molecular complexity index is 724. The number of amides is 1. The Kier molecular flexibility index (Phi) is 4.78. The normalized spacial score (nSPS) is 11.1. The van der Waals surface area contributed by atoms with E-state index in [1.54, 1.807) is 30.3 Å². The van der Waals surface area contributed by atoms with E-state index in [0.717, 1.165) is 11.3 Å². The van der Waals surface area contributed by atoms with E-state index in [4.69, 9.17) is 4.74 Å². The monoisotopic (exact) mass is 298 g/mol. The second-order valence-corrected chi connectivity index (χ2v) is 4.80. The zero-order valence-electron chi connectivity index (χ0n) is 12.8. The van der Waals surface area contributed by atoms with Gasteiger partial charge in [-0.2, -0.15) is 0 Å². The van der Waals surface area contributed by atoms with Gasteiger partial charge in [0.2, 0.25) is 0 Å². The lowest BCUT2D eigenvalue weighted by atomic mass is 10.1. The van der Waals surface area contributed by atoms with Crippen molar-refractivity contribution in [1.29, 1.82) is 0 Å². The van der Waals surface area contributed by atoms with Crippen LogP contribution in [0.4, 0.5) is 10.5 Å². The van der Waals surface area contributed by atoms with Crippen LogP contribution in [-0.4, -0.2) is 24.0 Å². The van der Waals surface area contributed by atoms with Crippen LogP contribution in [-0.2, 0) is 0 Å². The highest BCUT2D eigenvalue weighted by atomic mass is 16.5. The maximum absolute atomic E-state index is 11.2. The lowest BCUT2D eigenvalue weighted by molar-refractivity contribution is 0.203. The van der Waals surface area contributed by atoms with Gasteiger partial charge >= 0.3 is 6.09 Å². The Hall–Kier alpha value is -2.82. The summed E-state index contributed by atoms with van der Waals surface area (Å²) in [6, 6.07) is 12.3. The van der Waals surface area contributed by atoms with Crippen molar-refractivity contribution < 1.29 is 14.6 Å². The Morgan fingerprint density at radius 3 is 2.59 bits per heavy atom. The van der Waals surface area contributed by atoms with Crippen molar-refractivity contribution in [3.05, 3.63) is 53.6 Å². The van der Waals surface area contributed by atoms with Gasteiger partial charge in [-0.3, -0.25) is 4.99 Å². The van der Waals surface area contributed by atoms with Crippen molar-refractivity contribution in [1.82, 2.24) is 5.32 Å². The zero-order chi connectivity index (χ0) is 16.1. The van der Waals surface area contributed by atoms with Gasteiger partial charge in [0.1, 0.15) is 11.5 Å². The summed E-state index contributed by atoms with van der Waals surface area (Å²) < 4.78 is 5.07. The van der Waals surface area contributed by atoms with Crippen LogP contribution in [0.5, 0.6) is 11.5 Å². The standard InChI is InChI=1S/C17H18N2O3/c1-11-10-13(22-17(21)18-3)8-9-15(11)19-12(2)14-6-4-5-7-16(14)20/h4-10,20H,1-3H3,(H,18,21). The van der Waals surface area contributed by atoms with E-state index in [1.165, 1.54) is 7.05 Å². The van der Waals surface area contributed by atoms with Crippen LogP contribution in [0.15, 0.2) is 47.5 Å². The summed E-state index contributed by atoms with van der Waals surface area (Å²) >= 11 is 0. The number of carbonyl (C=O) groups is 1. The molecule has 2 aromatic carbocycles. The third-order valence-electron chi connectivity index (χ3n) is 3.16. The summed E-state index contributed by atoms with van der Waals surface area (Å²) in [5, 5.41) is 12.2. The number of rotatable bonds is 3. The van der Waals surface area contributed by atoms with E-state index in [0.29, 0.717) is 17.0 Å². The average Bonchev–Trinajstić information content (AvgIpc) is 2.50. The first kappa shape index (κ1) is 15.6. The Morgan fingerprint density at radius 1 is 1.23 bits per heavy atom. The van der Waals surface area contributed by atoms with Gasteiger partial charge in [0.25, 0.3) is 0 Å². The van der Waals surface area contributed by atoms with Gasteiger partial charge in [-0.25, -0.2) is 4.79 Å². The van der Waals surface area contributed by atoms with Gasteiger partial charge in [-0.15, -0.1) is 0 Å². The minimum absolute atomic E-state index is 0.195. The third kappa shape index (κ3) is 3.63. The van der Waals surface area contributed by atoms with Gasteiger partial charge in [0.15, 0.2) is 0 Å². The summed E-state index contributed by atoms with van der Waals surface area (Å²) in [4.78, 5) is 15.7. The fourth-order valence-electron chi connectivity index (χ4n) is 2.00. The number of phenols is 1. The number of nitrogens with zero attached hydrogens (tertiary/aromatic N) is 1. The molecule has 0 heterocycles. The molecule has 0 aliphatic heterocycles. The SMILES string of the molecule is CNC(=O)Oc1ccc(N=C(C)c2ccccc2O)c(C)c1. The Morgan fingerprint density at radius 2 is 1.95 bits per heavy atom. The predicted octanol–water partition coefficient (Wildman–Crippen LogP) is 3.56. The van der Waals surface area contributed by atoms with E-state index < -0.39 is 6.09 Å². The van der Waals surface area contributed by atoms with E-state index in [9.17, 15) is 9.90 Å². The lowest BCUT2D eigenvalue weighted by Crippen LogP contribution is -2.21. The summed E-state index contributed by atoms with van der Waals surface area (Å²) in [6.07, 6.45) is -0.513. The highest BCUT2D eigenvalue weighted by molar-refractivity contribution is 6.02. The maximum Gasteiger partial charge on any atom is 0.412 e. The number of carbonyl (C=O) groups excluding carboxylic acids is 1. The first-order chi connectivity index (χ1) is 10.5. The molecule has 0 fully saturated rings. The molecule has 0 aromatic heterocycles. The van der Waals surface area contributed by atoms with Gasteiger partial charge < -0.3 is 15.2 Å². The van der Waals surface area contributed by atoms with Crippen molar-refractivity contribution in [3.63, 3.8) is 0 Å². The van der Waals surface area contributed by atoms with Crippen molar-refractivity contribution in [3.8, 4) is 11.5 Å². The molecular weight excluding hydrogens is 280 g/mol. The molecule has 22 heavy (non-hydrogen) atoms. The predicted molar refractivity (Wildman–Crippen MR) is 86.2 cm³/mol. The van der Waals surface area contributed by atoms with Crippen LogP contribution in [0.2, 0.25) is 0 Å². The maximum atomic E-state index is 11.2.